The maximum absolute atomic E-state index is 9.11. The van der Waals surface area contributed by atoms with Gasteiger partial charge in [0.15, 0.2) is 0 Å². The van der Waals surface area contributed by atoms with Crippen LogP contribution in [0, 0.1) is 11.3 Å². The molecule has 0 spiro atoms. The lowest BCUT2D eigenvalue weighted by molar-refractivity contribution is 0.483. The molecule has 3 nitrogen and oxygen atoms in total. The zero-order chi connectivity index (χ0) is 25.5. The molecule has 0 amide bonds. The molecule has 0 aliphatic rings. The van der Waals surface area contributed by atoms with Gasteiger partial charge < -0.3 is 9.30 Å². The van der Waals surface area contributed by atoms with Crippen molar-refractivity contribution in [2.45, 2.75) is 0 Å². The van der Waals surface area contributed by atoms with Gasteiger partial charge in [-0.05, 0) is 82.6 Å². The van der Waals surface area contributed by atoms with Crippen molar-refractivity contribution in [1.82, 2.24) is 4.57 Å². The zero-order valence-corrected chi connectivity index (χ0v) is 20.5. The Labute approximate surface area is 220 Å². The van der Waals surface area contributed by atoms with Gasteiger partial charge in [-0.3, -0.25) is 0 Å². The molecule has 0 N–H and O–H groups in total. The van der Waals surface area contributed by atoms with Crippen molar-refractivity contribution >= 4 is 32.6 Å². The van der Waals surface area contributed by atoms with Crippen LogP contribution in [0.5, 0.6) is 11.5 Å². The molecule has 178 valence electrons. The molecule has 0 unspecified atom stereocenters. The molecule has 1 heterocycles. The summed E-state index contributed by atoms with van der Waals surface area (Å²) in [5, 5.41) is 13.7. The lowest BCUT2D eigenvalue weighted by Crippen LogP contribution is -1.93. The third-order valence-electron chi connectivity index (χ3n) is 7.07. The molecular formula is C35H22N2O. The number of ether oxygens (including phenoxy) is 1. The highest BCUT2D eigenvalue weighted by molar-refractivity contribution is 6.09. The SMILES string of the molecule is N#Cc1ccc2cc(Oc3ccc(-c4ccc(-n5c6ccccc6c6ccccc65)cc4)cc3)ccc2c1. The van der Waals surface area contributed by atoms with Crippen LogP contribution >= 0.6 is 0 Å². The fourth-order valence-electron chi connectivity index (χ4n) is 5.21. The summed E-state index contributed by atoms with van der Waals surface area (Å²) in [6.07, 6.45) is 0. The summed E-state index contributed by atoms with van der Waals surface area (Å²) in [5.74, 6) is 1.55. The first-order valence-corrected chi connectivity index (χ1v) is 12.6. The molecule has 6 aromatic carbocycles. The molecule has 38 heavy (non-hydrogen) atoms. The Bertz CT molecular complexity index is 1940. The van der Waals surface area contributed by atoms with Gasteiger partial charge in [0.05, 0.1) is 22.7 Å². The van der Waals surface area contributed by atoms with E-state index in [1.54, 1.807) is 0 Å². The molecule has 7 aromatic rings. The molecule has 0 atom stereocenters. The molecule has 3 heteroatoms. The number of rotatable bonds is 4. The van der Waals surface area contributed by atoms with E-state index in [-0.39, 0.29) is 0 Å². The average molecular weight is 487 g/mol. The number of hydrogen-bond donors (Lipinski definition) is 0. The van der Waals surface area contributed by atoms with Crippen molar-refractivity contribution in [2.24, 2.45) is 0 Å². The molecule has 1 aromatic heterocycles. The first kappa shape index (κ1) is 21.9. The quantitative estimate of drug-likeness (QED) is 0.249. The van der Waals surface area contributed by atoms with Gasteiger partial charge in [-0.1, -0.05) is 72.8 Å². The van der Waals surface area contributed by atoms with Crippen molar-refractivity contribution in [1.29, 1.82) is 5.26 Å². The summed E-state index contributed by atoms with van der Waals surface area (Å²) >= 11 is 0. The fourth-order valence-corrected chi connectivity index (χ4v) is 5.21. The number of nitrogens with zero attached hydrogens (tertiary/aromatic N) is 2. The zero-order valence-electron chi connectivity index (χ0n) is 20.5. The van der Waals surface area contributed by atoms with Crippen molar-refractivity contribution in [3.8, 4) is 34.4 Å². The maximum atomic E-state index is 9.11. The van der Waals surface area contributed by atoms with E-state index in [0.29, 0.717) is 5.56 Å². The predicted octanol–water partition coefficient (Wildman–Crippen LogP) is 9.27. The van der Waals surface area contributed by atoms with Crippen LogP contribution in [0.4, 0.5) is 0 Å². The molecule has 0 bridgehead atoms. The van der Waals surface area contributed by atoms with Crippen LogP contribution in [0.3, 0.4) is 0 Å². The topological polar surface area (TPSA) is 37.9 Å². The Hall–Kier alpha value is -5.33. The second kappa shape index (κ2) is 8.96. The van der Waals surface area contributed by atoms with Crippen molar-refractivity contribution < 1.29 is 4.74 Å². The molecular weight excluding hydrogens is 464 g/mol. The fraction of sp³-hybridized carbons (Fsp3) is 0. The van der Waals surface area contributed by atoms with Crippen molar-refractivity contribution in [3.63, 3.8) is 0 Å². The van der Waals surface area contributed by atoms with Crippen LogP contribution < -0.4 is 4.74 Å². The van der Waals surface area contributed by atoms with Crippen LogP contribution in [-0.2, 0) is 0 Å². The number of nitriles is 1. The van der Waals surface area contributed by atoms with Gasteiger partial charge >= 0.3 is 0 Å². The third kappa shape index (κ3) is 3.77. The largest absolute Gasteiger partial charge is 0.457 e. The molecule has 0 saturated carbocycles. The van der Waals surface area contributed by atoms with Crippen LogP contribution in [0.25, 0.3) is 49.4 Å². The number of aromatic nitrogens is 1. The Morgan fingerprint density at radius 2 is 1.08 bits per heavy atom. The van der Waals surface area contributed by atoms with E-state index in [1.165, 1.54) is 21.8 Å². The standard InChI is InChI=1S/C35H22N2O/c36-23-24-9-10-28-22-31(20-15-27(28)21-24)38-30-18-13-26(14-19-30)25-11-16-29(17-12-25)37-34-7-3-1-5-32(34)33-6-2-4-8-35(33)37/h1-22H. The Morgan fingerprint density at radius 3 is 1.74 bits per heavy atom. The molecule has 0 saturated heterocycles. The van der Waals surface area contributed by atoms with Gasteiger partial charge in [0, 0.05) is 16.5 Å². The smallest absolute Gasteiger partial charge is 0.128 e. The molecule has 0 aliphatic carbocycles. The first-order valence-electron chi connectivity index (χ1n) is 12.6. The van der Waals surface area contributed by atoms with E-state index in [9.17, 15) is 0 Å². The minimum atomic E-state index is 0.657. The minimum absolute atomic E-state index is 0.657. The predicted molar refractivity (Wildman–Crippen MR) is 155 cm³/mol. The van der Waals surface area contributed by atoms with Crippen LogP contribution in [-0.4, -0.2) is 4.57 Å². The second-order valence-corrected chi connectivity index (χ2v) is 9.38. The van der Waals surface area contributed by atoms with Gasteiger partial charge in [0.1, 0.15) is 11.5 Å². The van der Waals surface area contributed by atoms with E-state index < -0.39 is 0 Å². The second-order valence-electron chi connectivity index (χ2n) is 9.38. The molecule has 0 aliphatic heterocycles. The van der Waals surface area contributed by atoms with E-state index in [4.69, 9.17) is 10.00 Å². The van der Waals surface area contributed by atoms with Crippen molar-refractivity contribution in [2.75, 3.05) is 0 Å². The summed E-state index contributed by atoms with van der Waals surface area (Å²) in [4.78, 5) is 0. The third-order valence-corrected chi connectivity index (χ3v) is 7.07. The normalized spacial score (nSPS) is 11.1. The number of fused-ring (bicyclic) bond motifs is 4. The average Bonchev–Trinajstić information content (AvgIpc) is 3.32. The van der Waals surface area contributed by atoms with Crippen molar-refractivity contribution in [3.05, 3.63) is 139 Å². The monoisotopic (exact) mass is 486 g/mol. The van der Waals surface area contributed by atoms with Gasteiger partial charge in [-0.25, -0.2) is 0 Å². The van der Waals surface area contributed by atoms with Gasteiger partial charge in [0.2, 0.25) is 0 Å². The van der Waals surface area contributed by atoms with Gasteiger partial charge in [-0.15, -0.1) is 0 Å². The highest BCUT2D eigenvalue weighted by Gasteiger charge is 2.11. The Kier molecular flexibility index (Phi) is 5.17. The summed E-state index contributed by atoms with van der Waals surface area (Å²) in [5.41, 5.74) is 6.51. The first-order chi connectivity index (χ1) is 18.8. The number of para-hydroxylation sites is 2. The van der Waals surface area contributed by atoms with Crippen LogP contribution in [0.1, 0.15) is 5.56 Å². The van der Waals surface area contributed by atoms with E-state index in [2.05, 4.69) is 95.6 Å². The summed E-state index contributed by atoms with van der Waals surface area (Å²) < 4.78 is 8.44. The van der Waals surface area contributed by atoms with Crippen LogP contribution in [0.15, 0.2) is 133 Å². The van der Waals surface area contributed by atoms with Crippen LogP contribution in [0.2, 0.25) is 0 Å². The summed E-state index contributed by atoms with van der Waals surface area (Å²) in [6.45, 7) is 0. The number of hydrogen-bond acceptors (Lipinski definition) is 2. The number of benzene rings is 6. The van der Waals surface area contributed by atoms with Gasteiger partial charge in [-0.2, -0.15) is 5.26 Å². The minimum Gasteiger partial charge on any atom is -0.457 e. The van der Waals surface area contributed by atoms with E-state index >= 15 is 0 Å². The maximum Gasteiger partial charge on any atom is 0.128 e. The Balaban J connectivity index is 1.15. The highest BCUT2D eigenvalue weighted by Crippen LogP contribution is 2.33. The summed E-state index contributed by atoms with van der Waals surface area (Å²) in [6, 6.07) is 47.8. The van der Waals surface area contributed by atoms with E-state index in [0.717, 1.165) is 39.1 Å². The highest BCUT2D eigenvalue weighted by atomic mass is 16.5. The lowest BCUT2D eigenvalue weighted by atomic mass is 10.1. The van der Waals surface area contributed by atoms with E-state index in [1.807, 2.05) is 48.5 Å². The Morgan fingerprint density at radius 1 is 0.526 bits per heavy atom. The van der Waals surface area contributed by atoms with Gasteiger partial charge in [0.25, 0.3) is 0 Å². The summed E-state index contributed by atoms with van der Waals surface area (Å²) in [7, 11) is 0. The molecule has 7 rings (SSSR count). The molecule has 0 radical (unpaired) electrons. The molecule has 0 fully saturated rings. The lowest BCUT2D eigenvalue weighted by Gasteiger charge is -2.10.